The summed E-state index contributed by atoms with van der Waals surface area (Å²) in [6.07, 6.45) is 1.74. The van der Waals surface area contributed by atoms with E-state index in [0.29, 0.717) is 30.0 Å². The van der Waals surface area contributed by atoms with Gasteiger partial charge < -0.3 is 0 Å². The summed E-state index contributed by atoms with van der Waals surface area (Å²) in [7, 11) is 0. The van der Waals surface area contributed by atoms with Crippen LogP contribution in [0.3, 0.4) is 0 Å². The Morgan fingerprint density at radius 3 is 2.32 bits per heavy atom. The third-order valence-electron chi connectivity index (χ3n) is 7.64. The Labute approximate surface area is 230 Å². The third-order valence-corrected chi connectivity index (χ3v) is 11.1. The summed E-state index contributed by atoms with van der Waals surface area (Å²) >= 11 is 4.96. The van der Waals surface area contributed by atoms with Gasteiger partial charge in [0.05, 0.1) is 0 Å². The normalized spacial score (nSPS) is 23.9. The SMILES string of the molecule is CCOC1CCC(C([C@@H](C)CI(C)C)N2CCC(Nc3cc(Cl)c(C(F)(F)F)cc3[N+](=O)[O-])CC2)CC1. The molecular formula is C26H40ClF3IN3O3. The molecule has 2 aliphatic rings. The van der Waals surface area contributed by atoms with E-state index in [4.69, 9.17) is 16.3 Å². The zero-order valence-corrected chi connectivity index (χ0v) is 25.0. The summed E-state index contributed by atoms with van der Waals surface area (Å²) in [5.41, 5.74) is -1.74. The number of hydrogen-bond donors (Lipinski definition) is 1. The Hall–Kier alpha value is -0.850. The van der Waals surface area contributed by atoms with E-state index in [1.54, 1.807) is 0 Å². The first kappa shape index (κ1) is 30.7. The van der Waals surface area contributed by atoms with Crippen LogP contribution in [0.5, 0.6) is 0 Å². The average Bonchev–Trinajstić information content (AvgIpc) is 2.80. The molecule has 1 aliphatic carbocycles. The summed E-state index contributed by atoms with van der Waals surface area (Å²) < 4.78 is 46.9. The van der Waals surface area contributed by atoms with Crippen LogP contribution in [0.15, 0.2) is 12.1 Å². The summed E-state index contributed by atoms with van der Waals surface area (Å²) in [4.78, 5) is 18.2. The molecule has 1 aromatic rings. The van der Waals surface area contributed by atoms with Gasteiger partial charge in [-0.2, -0.15) is 13.2 Å². The Kier molecular flexibility index (Phi) is 11.2. The summed E-state index contributed by atoms with van der Waals surface area (Å²) in [5, 5.41) is 14.1. The first-order valence-electron chi connectivity index (χ1n) is 13.0. The molecule has 1 unspecified atom stereocenters. The first-order chi connectivity index (χ1) is 17.4. The number of alkyl halides is 6. The summed E-state index contributed by atoms with van der Waals surface area (Å²) in [6.45, 7) is 6.94. The van der Waals surface area contributed by atoms with E-state index in [-0.39, 0.29) is 11.7 Å². The van der Waals surface area contributed by atoms with Crippen molar-refractivity contribution in [2.45, 2.75) is 76.7 Å². The molecular weight excluding hydrogens is 622 g/mol. The van der Waals surface area contributed by atoms with E-state index in [1.807, 2.05) is 0 Å². The molecule has 37 heavy (non-hydrogen) atoms. The van der Waals surface area contributed by atoms with Crippen LogP contribution in [0.4, 0.5) is 24.5 Å². The van der Waals surface area contributed by atoms with E-state index < -0.39 is 47.2 Å². The minimum absolute atomic E-state index is 0.0483. The number of piperidine rings is 1. The maximum absolute atomic E-state index is 13.2. The van der Waals surface area contributed by atoms with Gasteiger partial charge >= 0.3 is 218 Å². The van der Waals surface area contributed by atoms with Crippen molar-refractivity contribution in [1.82, 2.24) is 4.90 Å². The van der Waals surface area contributed by atoms with Gasteiger partial charge in [0, 0.05) is 0 Å². The molecule has 0 amide bonds. The standard InChI is InChI=1S/C26H40ClF3IN3O3/c1-5-37-20-8-6-18(7-9-20)25(17(2)16-31(3)4)33-12-10-19(11-13-33)32-23-15-22(27)21(26(28,29)30)14-24(23)34(35)36/h14-15,17-20,25,32H,5-13,16H2,1-4H3/t17-,18?,20?,25?/m0/s1. The second-order valence-electron chi connectivity index (χ2n) is 10.6. The third kappa shape index (κ3) is 8.32. The van der Waals surface area contributed by atoms with E-state index >= 15 is 0 Å². The second-order valence-corrected chi connectivity index (χ2v) is 17.1. The minimum atomic E-state index is -4.75. The number of nitrogens with zero attached hydrogens (tertiary/aromatic N) is 2. The Bertz CT molecular complexity index is 905. The van der Waals surface area contributed by atoms with Crippen molar-refractivity contribution in [3.63, 3.8) is 0 Å². The van der Waals surface area contributed by atoms with Crippen LogP contribution in [-0.4, -0.2) is 62.0 Å². The van der Waals surface area contributed by atoms with Crippen molar-refractivity contribution in [2.24, 2.45) is 11.8 Å². The molecule has 1 aromatic carbocycles. The Morgan fingerprint density at radius 2 is 1.81 bits per heavy atom. The number of halogens is 5. The summed E-state index contributed by atoms with van der Waals surface area (Å²) in [5.74, 6) is 1.26. The quantitative estimate of drug-likeness (QED) is 0.122. The first-order valence-corrected chi connectivity index (χ1v) is 19.3. The molecule has 1 heterocycles. The van der Waals surface area contributed by atoms with Crippen LogP contribution < -0.4 is 5.32 Å². The van der Waals surface area contributed by atoms with Crippen molar-refractivity contribution < 1.29 is 22.8 Å². The number of anilines is 1. The topological polar surface area (TPSA) is 67.6 Å². The Morgan fingerprint density at radius 1 is 1.19 bits per heavy atom. The number of nitro groups is 1. The number of rotatable bonds is 10. The molecule has 2 atom stereocenters. The zero-order chi connectivity index (χ0) is 27.3. The fourth-order valence-electron chi connectivity index (χ4n) is 6.14. The number of likely N-dealkylation sites (tertiary alicyclic amines) is 1. The van der Waals surface area contributed by atoms with Gasteiger partial charge in [0.2, 0.25) is 0 Å². The van der Waals surface area contributed by atoms with Gasteiger partial charge in [-0.1, -0.05) is 0 Å². The van der Waals surface area contributed by atoms with Crippen LogP contribution >= 0.6 is 31.4 Å². The van der Waals surface area contributed by atoms with E-state index in [9.17, 15) is 23.3 Å². The number of hydrogen-bond acceptors (Lipinski definition) is 5. The van der Waals surface area contributed by atoms with Crippen LogP contribution in [0.2, 0.25) is 5.02 Å². The summed E-state index contributed by atoms with van der Waals surface area (Å²) in [6, 6.07) is 2.03. The van der Waals surface area contributed by atoms with Crippen LogP contribution in [-0.2, 0) is 10.9 Å². The fourth-order valence-corrected chi connectivity index (χ4v) is 9.71. The molecule has 11 heteroatoms. The molecule has 3 rings (SSSR count). The van der Waals surface area contributed by atoms with Crippen molar-refractivity contribution >= 4 is 42.8 Å². The maximum atomic E-state index is 13.2. The van der Waals surface area contributed by atoms with Crippen molar-refractivity contribution in [1.29, 1.82) is 0 Å². The number of benzene rings is 1. The van der Waals surface area contributed by atoms with Crippen molar-refractivity contribution in [2.75, 3.05) is 39.3 Å². The van der Waals surface area contributed by atoms with Crippen molar-refractivity contribution in [3.05, 3.63) is 32.8 Å². The second kappa shape index (κ2) is 13.5. The molecule has 0 spiro atoms. The van der Waals surface area contributed by atoms with Gasteiger partial charge in [-0.25, -0.2) is 0 Å². The molecule has 1 N–H and O–H groups in total. The molecule has 0 bridgehead atoms. The molecule has 1 saturated carbocycles. The number of nitrogens with one attached hydrogen (secondary N) is 1. The molecule has 1 saturated heterocycles. The molecule has 212 valence electrons. The van der Waals surface area contributed by atoms with Gasteiger partial charge in [0.1, 0.15) is 0 Å². The van der Waals surface area contributed by atoms with E-state index in [0.717, 1.165) is 51.4 Å². The van der Waals surface area contributed by atoms with E-state index in [1.165, 1.54) is 17.3 Å². The van der Waals surface area contributed by atoms with Gasteiger partial charge in [-0.05, 0) is 0 Å². The molecule has 0 aromatic heterocycles. The molecule has 2 fully saturated rings. The van der Waals surface area contributed by atoms with Gasteiger partial charge in [-0.15, -0.1) is 0 Å². The van der Waals surface area contributed by atoms with E-state index in [2.05, 4.69) is 33.9 Å². The van der Waals surface area contributed by atoms with Crippen LogP contribution in [0.1, 0.15) is 57.9 Å². The number of nitro benzene ring substituents is 1. The van der Waals surface area contributed by atoms with Crippen molar-refractivity contribution in [3.8, 4) is 0 Å². The van der Waals surface area contributed by atoms with Gasteiger partial charge in [-0.3, -0.25) is 0 Å². The predicted molar refractivity (Wildman–Crippen MR) is 152 cm³/mol. The van der Waals surface area contributed by atoms with Crippen LogP contribution in [0, 0.1) is 22.0 Å². The predicted octanol–water partition coefficient (Wildman–Crippen LogP) is 7.51. The molecule has 6 nitrogen and oxygen atoms in total. The van der Waals surface area contributed by atoms with Crippen LogP contribution in [0.25, 0.3) is 0 Å². The Balaban J connectivity index is 1.69. The molecule has 0 radical (unpaired) electrons. The van der Waals surface area contributed by atoms with Gasteiger partial charge in [0.15, 0.2) is 0 Å². The van der Waals surface area contributed by atoms with Gasteiger partial charge in [0.25, 0.3) is 0 Å². The average molecular weight is 662 g/mol. The zero-order valence-electron chi connectivity index (χ0n) is 22.1. The monoisotopic (exact) mass is 661 g/mol. The molecule has 1 aliphatic heterocycles. The fraction of sp³-hybridized carbons (Fsp3) is 0.769. The number of ether oxygens (including phenoxy) is 1.